The van der Waals surface area contributed by atoms with Gasteiger partial charge in [-0.05, 0) is 117 Å². The molecule has 0 heterocycles. The molecule has 4 unspecified atom stereocenters. The molecule has 0 spiro atoms. The highest BCUT2D eigenvalue weighted by molar-refractivity contribution is 5.66. The van der Waals surface area contributed by atoms with Gasteiger partial charge >= 0.3 is 0 Å². The Balaban J connectivity index is 1.12. The molecular formula is C34H44F4O. The predicted octanol–water partition coefficient (Wildman–Crippen LogP) is 10.3. The van der Waals surface area contributed by atoms with Gasteiger partial charge in [0.15, 0.2) is 23.2 Å². The molecule has 214 valence electrons. The molecule has 2 aromatic carbocycles. The third-order valence-corrected chi connectivity index (χ3v) is 10.4. The van der Waals surface area contributed by atoms with Crippen LogP contribution in [0.5, 0.6) is 5.75 Å². The number of hydrogen-bond acceptors (Lipinski definition) is 1. The van der Waals surface area contributed by atoms with E-state index in [1.807, 2.05) is 0 Å². The molecule has 5 heteroatoms. The lowest BCUT2D eigenvalue weighted by Crippen LogP contribution is -2.35. The van der Waals surface area contributed by atoms with Crippen LogP contribution >= 0.6 is 0 Å². The van der Waals surface area contributed by atoms with Crippen LogP contribution in [0.4, 0.5) is 17.6 Å². The minimum atomic E-state index is -1.21. The van der Waals surface area contributed by atoms with Crippen LogP contribution in [0, 0.1) is 58.8 Å². The Morgan fingerprint density at radius 3 is 1.87 bits per heavy atom. The number of benzene rings is 2. The fraction of sp³-hybridized carbons (Fsp3) is 0.647. The van der Waals surface area contributed by atoms with Crippen molar-refractivity contribution in [2.75, 3.05) is 6.61 Å². The van der Waals surface area contributed by atoms with Gasteiger partial charge in [0.25, 0.3) is 0 Å². The standard InChI is InChI=1S/C34H44F4O/c1-3-5-21-6-11-27-19-26(13-12-25(27)18-21)24-9-7-22(8-10-24)20-39-30-17-16-29(33(37)34(30)38)28-15-14-23(4-2)31(35)32(28)36/h14-17,21-22,24-27H,3-13,18-20H2,1-2H3. The van der Waals surface area contributed by atoms with Crippen molar-refractivity contribution in [2.45, 2.75) is 97.3 Å². The van der Waals surface area contributed by atoms with Gasteiger partial charge in [-0.3, -0.25) is 0 Å². The third kappa shape index (κ3) is 6.17. The number of halogens is 4. The molecule has 2 aromatic rings. The second kappa shape index (κ2) is 12.6. The Morgan fingerprint density at radius 2 is 1.18 bits per heavy atom. The summed E-state index contributed by atoms with van der Waals surface area (Å²) in [6.45, 7) is 4.37. The van der Waals surface area contributed by atoms with Gasteiger partial charge in [0.1, 0.15) is 0 Å². The van der Waals surface area contributed by atoms with E-state index in [0.717, 1.165) is 42.4 Å². The summed E-state index contributed by atoms with van der Waals surface area (Å²) in [6.07, 6.45) is 16.1. The number of rotatable bonds is 8. The van der Waals surface area contributed by atoms with E-state index in [9.17, 15) is 17.6 Å². The first-order valence-corrected chi connectivity index (χ1v) is 15.5. The molecular weight excluding hydrogens is 500 g/mol. The molecule has 0 amide bonds. The zero-order valence-corrected chi connectivity index (χ0v) is 23.6. The lowest BCUT2D eigenvalue weighted by atomic mass is 9.60. The maximum Gasteiger partial charge on any atom is 0.201 e. The maximum absolute atomic E-state index is 14.9. The van der Waals surface area contributed by atoms with Crippen molar-refractivity contribution in [1.82, 2.24) is 0 Å². The Bertz CT molecular complexity index is 1120. The topological polar surface area (TPSA) is 9.23 Å². The normalized spacial score (nSPS) is 29.2. The van der Waals surface area contributed by atoms with Crippen molar-refractivity contribution >= 4 is 0 Å². The van der Waals surface area contributed by atoms with Crippen molar-refractivity contribution in [3.63, 3.8) is 0 Å². The molecule has 5 rings (SSSR count). The van der Waals surface area contributed by atoms with Crippen LogP contribution in [0.25, 0.3) is 11.1 Å². The van der Waals surface area contributed by atoms with E-state index in [-0.39, 0.29) is 22.4 Å². The average molecular weight is 545 g/mol. The minimum absolute atomic E-state index is 0.165. The van der Waals surface area contributed by atoms with Crippen molar-refractivity contribution in [3.05, 3.63) is 53.1 Å². The SMILES string of the molecule is CCCC1CCC2CC(C3CCC(COc4ccc(-c5ccc(CC)c(F)c5F)c(F)c4F)CC3)CCC2C1. The van der Waals surface area contributed by atoms with Crippen LogP contribution in [0.15, 0.2) is 24.3 Å². The molecule has 0 N–H and O–H groups in total. The van der Waals surface area contributed by atoms with Gasteiger partial charge < -0.3 is 4.74 Å². The smallest absolute Gasteiger partial charge is 0.201 e. The number of fused-ring (bicyclic) bond motifs is 1. The summed E-state index contributed by atoms with van der Waals surface area (Å²) in [7, 11) is 0. The fourth-order valence-corrected chi connectivity index (χ4v) is 8.08. The Labute approximate surface area is 231 Å². The van der Waals surface area contributed by atoms with E-state index in [1.54, 1.807) is 6.92 Å². The van der Waals surface area contributed by atoms with Gasteiger partial charge in [0.2, 0.25) is 5.82 Å². The Morgan fingerprint density at radius 1 is 0.615 bits per heavy atom. The molecule has 0 radical (unpaired) electrons. The first-order chi connectivity index (χ1) is 18.9. The molecule has 0 aliphatic heterocycles. The Hall–Kier alpha value is -2.04. The van der Waals surface area contributed by atoms with Gasteiger partial charge in [0.05, 0.1) is 6.61 Å². The average Bonchev–Trinajstić information content (AvgIpc) is 2.96. The van der Waals surface area contributed by atoms with E-state index in [2.05, 4.69) is 6.92 Å². The second-order valence-corrected chi connectivity index (χ2v) is 12.6. The van der Waals surface area contributed by atoms with Crippen LogP contribution in [0.3, 0.4) is 0 Å². The van der Waals surface area contributed by atoms with Gasteiger partial charge in [-0.1, -0.05) is 45.2 Å². The fourth-order valence-electron chi connectivity index (χ4n) is 8.08. The highest BCUT2D eigenvalue weighted by atomic mass is 19.2. The maximum atomic E-state index is 14.9. The number of aryl methyl sites for hydroxylation is 1. The van der Waals surface area contributed by atoms with E-state index in [4.69, 9.17) is 4.74 Å². The van der Waals surface area contributed by atoms with Crippen LogP contribution < -0.4 is 4.74 Å². The minimum Gasteiger partial charge on any atom is -0.490 e. The molecule has 3 fully saturated rings. The van der Waals surface area contributed by atoms with Crippen LogP contribution in [-0.4, -0.2) is 6.61 Å². The van der Waals surface area contributed by atoms with Crippen LogP contribution in [0.1, 0.15) is 96.5 Å². The summed E-state index contributed by atoms with van der Waals surface area (Å²) >= 11 is 0. The van der Waals surface area contributed by atoms with Crippen molar-refractivity contribution in [3.8, 4) is 16.9 Å². The molecule has 39 heavy (non-hydrogen) atoms. The Kier molecular flexibility index (Phi) is 9.23. The van der Waals surface area contributed by atoms with E-state index < -0.39 is 23.3 Å². The summed E-state index contributed by atoms with van der Waals surface area (Å²) in [4.78, 5) is 0. The second-order valence-electron chi connectivity index (χ2n) is 12.6. The molecule has 1 nitrogen and oxygen atoms in total. The summed E-state index contributed by atoms with van der Waals surface area (Å²) in [6, 6.07) is 5.33. The van der Waals surface area contributed by atoms with E-state index in [1.165, 1.54) is 88.5 Å². The molecule has 0 bridgehead atoms. The van der Waals surface area contributed by atoms with Crippen LogP contribution in [0.2, 0.25) is 0 Å². The van der Waals surface area contributed by atoms with Gasteiger partial charge in [0, 0.05) is 11.1 Å². The summed E-state index contributed by atoms with van der Waals surface area (Å²) in [5.41, 5.74) is -0.379. The highest BCUT2D eigenvalue weighted by Gasteiger charge is 2.38. The number of ether oxygens (including phenoxy) is 1. The largest absolute Gasteiger partial charge is 0.490 e. The first kappa shape index (κ1) is 28.5. The molecule has 3 aliphatic carbocycles. The molecule has 0 aromatic heterocycles. The zero-order valence-electron chi connectivity index (χ0n) is 23.6. The lowest BCUT2D eigenvalue weighted by molar-refractivity contribution is 0.0544. The monoisotopic (exact) mass is 544 g/mol. The lowest BCUT2D eigenvalue weighted by Gasteiger charge is -2.45. The van der Waals surface area contributed by atoms with E-state index >= 15 is 0 Å². The summed E-state index contributed by atoms with van der Waals surface area (Å²) in [5, 5.41) is 0. The van der Waals surface area contributed by atoms with E-state index in [0.29, 0.717) is 18.9 Å². The van der Waals surface area contributed by atoms with Crippen molar-refractivity contribution in [2.24, 2.45) is 35.5 Å². The van der Waals surface area contributed by atoms with Crippen LogP contribution in [-0.2, 0) is 6.42 Å². The molecule has 0 saturated heterocycles. The van der Waals surface area contributed by atoms with Crippen molar-refractivity contribution in [1.29, 1.82) is 0 Å². The summed E-state index contributed by atoms with van der Waals surface area (Å²) in [5.74, 6) is 0.147. The molecule has 4 atom stereocenters. The summed E-state index contributed by atoms with van der Waals surface area (Å²) < 4.78 is 64.3. The number of hydrogen-bond donors (Lipinski definition) is 0. The van der Waals surface area contributed by atoms with Gasteiger partial charge in [-0.15, -0.1) is 0 Å². The first-order valence-electron chi connectivity index (χ1n) is 15.5. The highest BCUT2D eigenvalue weighted by Crippen LogP contribution is 2.49. The van der Waals surface area contributed by atoms with Gasteiger partial charge in [-0.2, -0.15) is 4.39 Å². The predicted molar refractivity (Wildman–Crippen MR) is 149 cm³/mol. The molecule has 3 saturated carbocycles. The quantitative estimate of drug-likeness (QED) is 0.300. The third-order valence-electron chi connectivity index (χ3n) is 10.4. The van der Waals surface area contributed by atoms with Crippen molar-refractivity contribution < 1.29 is 22.3 Å². The van der Waals surface area contributed by atoms with Gasteiger partial charge in [-0.25, -0.2) is 13.2 Å². The zero-order chi connectivity index (χ0) is 27.5. The molecule has 3 aliphatic rings.